The van der Waals surface area contributed by atoms with E-state index in [1.807, 2.05) is 42.6 Å². The number of nitrogens with one attached hydrogen (secondary N) is 1. The first kappa shape index (κ1) is 14.6. The molecule has 0 saturated carbocycles. The average Bonchev–Trinajstić information content (AvgIpc) is 2.56. The summed E-state index contributed by atoms with van der Waals surface area (Å²) in [5, 5.41) is 2.90. The highest BCUT2D eigenvalue weighted by Gasteiger charge is 2.18. The van der Waals surface area contributed by atoms with Crippen LogP contribution in [0.1, 0.15) is 30.1 Å². The lowest BCUT2D eigenvalue weighted by Gasteiger charge is -2.32. The van der Waals surface area contributed by atoms with Crippen molar-refractivity contribution in [3.63, 3.8) is 0 Å². The second-order valence-corrected chi connectivity index (χ2v) is 5.95. The number of piperidine rings is 1. The van der Waals surface area contributed by atoms with Crippen molar-refractivity contribution in [2.45, 2.75) is 19.8 Å². The molecule has 0 spiro atoms. The van der Waals surface area contributed by atoms with Crippen molar-refractivity contribution in [3.8, 4) is 0 Å². The van der Waals surface area contributed by atoms with Gasteiger partial charge in [-0.05, 0) is 37.0 Å². The Morgan fingerprint density at radius 1 is 1.27 bits per heavy atom. The number of hydrogen-bond donors (Lipinski definition) is 1. The molecule has 1 atom stereocenters. The molecule has 1 aliphatic heterocycles. The van der Waals surface area contributed by atoms with Crippen molar-refractivity contribution in [2.24, 2.45) is 5.92 Å². The second-order valence-electron chi connectivity index (χ2n) is 5.95. The summed E-state index contributed by atoms with van der Waals surface area (Å²) in [5.74, 6) is 0.571. The van der Waals surface area contributed by atoms with Crippen LogP contribution < -0.4 is 10.2 Å². The summed E-state index contributed by atoms with van der Waals surface area (Å²) in [4.78, 5) is 18.9. The van der Waals surface area contributed by atoms with Crippen LogP contribution in [-0.2, 0) is 0 Å². The summed E-state index contributed by atoms with van der Waals surface area (Å²) >= 11 is 0. The van der Waals surface area contributed by atoms with E-state index in [0.717, 1.165) is 24.5 Å². The minimum absolute atomic E-state index is 0.120. The maximum Gasteiger partial charge on any atom is 0.257 e. The second kappa shape index (κ2) is 6.60. The van der Waals surface area contributed by atoms with Gasteiger partial charge >= 0.3 is 0 Å². The minimum Gasteiger partial charge on any atom is -0.370 e. The zero-order chi connectivity index (χ0) is 15.4. The van der Waals surface area contributed by atoms with Gasteiger partial charge in [0, 0.05) is 25.0 Å². The van der Waals surface area contributed by atoms with Crippen LogP contribution in [0.15, 0.2) is 48.8 Å². The molecule has 1 saturated heterocycles. The summed E-state index contributed by atoms with van der Waals surface area (Å²) in [6.45, 7) is 4.34. The fraction of sp³-hybridized carbons (Fsp3) is 0.333. The van der Waals surface area contributed by atoms with Crippen LogP contribution in [0.3, 0.4) is 0 Å². The van der Waals surface area contributed by atoms with Gasteiger partial charge in [-0.25, -0.2) is 0 Å². The van der Waals surface area contributed by atoms with Crippen LogP contribution in [0, 0.1) is 5.92 Å². The molecule has 1 fully saturated rings. The van der Waals surface area contributed by atoms with Gasteiger partial charge in [-0.3, -0.25) is 9.78 Å². The Labute approximate surface area is 131 Å². The van der Waals surface area contributed by atoms with E-state index in [2.05, 4.69) is 22.1 Å². The Bertz CT molecular complexity index is 642. The first-order valence-corrected chi connectivity index (χ1v) is 7.79. The minimum atomic E-state index is -0.120. The monoisotopic (exact) mass is 295 g/mol. The molecular weight excluding hydrogens is 274 g/mol. The van der Waals surface area contributed by atoms with E-state index in [4.69, 9.17) is 0 Å². The summed E-state index contributed by atoms with van der Waals surface area (Å²) in [5.41, 5.74) is 2.43. The van der Waals surface area contributed by atoms with Crippen LogP contribution in [0.4, 0.5) is 11.4 Å². The average molecular weight is 295 g/mol. The number of anilines is 2. The number of rotatable bonds is 3. The third-order valence-corrected chi connectivity index (χ3v) is 4.04. The van der Waals surface area contributed by atoms with Crippen molar-refractivity contribution < 1.29 is 4.79 Å². The van der Waals surface area contributed by atoms with E-state index in [0.29, 0.717) is 11.5 Å². The molecule has 1 N–H and O–H groups in total. The SMILES string of the molecule is CC1CCCN(c2cncc(C(=O)Nc3ccccc3)c2)C1. The molecule has 3 rings (SSSR count). The number of carbonyl (C=O) groups is 1. The van der Waals surface area contributed by atoms with E-state index in [1.165, 1.54) is 12.8 Å². The zero-order valence-electron chi connectivity index (χ0n) is 12.8. The Kier molecular flexibility index (Phi) is 4.37. The molecule has 4 nitrogen and oxygen atoms in total. The van der Waals surface area contributed by atoms with E-state index >= 15 is 0 Å². The van der Waals surface area contributed by atoms with Crippen LogP contribution in [0.5, 0.6) is 0 Å². The maximum atomic E-state index is 12.3. The van der Waals surface area contributed by atoms with Gasteiger partial charge in [0.15, 0.2) is 0 Å². The van der Waals surface area contributed by atoms with Gasteiger partial charge in [-0.15, -0.1) is 0 Å². The standard InChI is InChI=1S/C18H21N3O/c1-14-6-5-9-21(13-14)17-10-15(11-19-12-17)18(22)20-16-7-3-2-4-8-16/h2-4,7-8,10-12,14H,5-6,9,13H2,1H3,(H,20,22). The third kappa shape index (κ3) is 3.45. The van der Waals surface area contributed by atoms with Crippen LogP contribution in [0.25, 0.3) is 0 Å². The van der Waals surface area contributed by atoms with Gasteiger partial charge in [0.25, 0.3) is 5.91 Å². The number of para-hydroxylation sites is 1. The van der Waals surface area contributed by atoms with Gasteiger partial charge in [0.05, 0.1) is 17.4 Å². The summed E-state index contributed by atoms with van der Waals surface area (Å²) in [6.07, 6.45) is 5.94. The molecule has 4 heteroatoms. The molecule has 1 aromatic carbocycles. The van der Waals surface area contributed by atoms with Gasteiger partial charge in [-0.2, -0.15) is 0 Å². The van der Waals surface area contributed by atoms with Crippen molar-refractivity contribution in [1.82, 2.24) is 4.98 Å². The van der Waals surface area contributed by atoms with Crippen LogP contribution >= 0.6 is 0 Å². The first-order valence-electron chi connectivity index (χ1n) is 7.79. The van der Waals surface area contributed by atoms with Crippen LogP contribution in [-0.4, -0.2) is 24.0 Å². The molecule has 114 valence electrons. The Balaban J connectivity index is 1.74. The Morgan fingerprint density at radius 3 is 2.86 bits per heavy atom. The van der Waals surface area contributed by atoms with E-state index in [-0.39, 0.29) is 5.91 Å². The fourth-order valence-electron chi connectivity index (χ4n) is 2.87. The first-order chi connectivity index (χ1) is 10.7. The van der Waals surface area contributed by atoms with E-state index in [9.17, 15) is 4.79 Å². The number of benzene rings is 1. The smallest absolute Gasteiger partial charge is 0.257 e. The molecule has 0 aliphatic carbocycles. The predicted octanol–water partition coefficient (Wildman–Crippen LogP) is 3.57. The Hall–Kier alpha value is -2.36. The lowest BCUT2D eigenvalue weighted by molar-refractivity contribution is 0.102. The summed E-state index contributed by atoms with van der Waals surface area (Å²) < 4.78 is 0. The quantitative estimate of drug-likeness (QED) is 0.941. The fourth-order valence-corrected chi connectivity index (χ4v) is 2.87. The highest BCUT2D eigenvalue weighted by atomic mass is 16.1. The van der Waals surface area contributed by atoms with E-state index in [1.54, 1.807) is 6.20 Å². The summed E-state index contributed by atoms with van der Waals surface area (Å²) in [7, 11) is 0. The number of nitrogens with zero attached hydrogens (tertiary/aromatic N) is 2. The highest BCUT2D eigenvalue weighted by Crippen LogP contribution is 2.23. The molecule has 0 bridgehead atoms. The molecule has 1 aromatic heterocycles. The van der Waals surface area contributed by atoms with E-state index < -0.39 is 0 Å². The highest BCUT2D eigenvalue weighted by molar-refractivity contribution is 6.04. The molecule has 1 aliphatic rings. The number of hydrogen-bond acceptors (Lipinski definition) is 3. The van der Waals surface area contributed by atoms with Crippen LogP contribution in [0.2, 0.25) is 0 Å². The number of carbonyl (C=O) groups excluding carboxylic acids is 1. The third-order valence-electron chi connectivity index (χ3n) is 4.04. The Morgan fingerprint density at radius 2 is 2.09 bits per heavy atom. The molecular formula is C18H21N3O. The molecule has 0 radical (unpaired) electrons. The van der Waals surface area contributed by atoms with Gasteiger partial charge in [-0.1, -0.05) is 25.1 Å². The number of amides is 1. The van der Waals surface area contributed by atoms with Crippen molar-refractivity contribution in [3.05, 3.63) is 54.4 Å². The number of pyridine rings is 1. The molecule has 1 amide bonds. The summed E-state index contributed by atoms with van der Waals surface area (Å²) in [6, 6.07) is 11.4. The topological polar surface area (TPSA) is 45.2 Å². The zero-order valence-corrected chi connectivity index (χ0v) is 12.8. The van der Waals surface area contributed by atoms with Crippen molar-refractivity contribution >= 4 is 17.3 Å². The molecule has 22 heavy (non-hydrogen) atoms. The van der Waals surface area contributed by atoms with Gasteiger partial charge < -0.3 is 10.2 Å². The van der Waals surface area contributed by atoms with Gasteiger partial charge in [0.2, 0.25) is 0 Å². The predicted molar refractivity (Wildman–Crippen MR) is 89.2 cm³/mol. The van der Waals surface area contributed by atoms with Crippen molar-refractivity contribution in [2.75, 3.05) is 23.3 Å². The molecule has 2 heterocycles. The normalized spacial score (nSPS) is 18.0. The lowest BCUT2D eigenvalue weighted by Crippen LogP contribution is -2.34. The largest absolute Gasteiger partial charge is 0.370 e. The maximum absolute atomic E-state index is 12.3. The molecule has 1 unspecified atom stereocenters. The molecule has 2 aromatic rings. The number of aromatic nitrogens is 1. The van der Waals surface area contributed by atoms with Gasteiger partial charge in [0.1, 0.15) is 0 Å². The lowest BCUT2D eigenvalue weighted by atomic mass is 10.00. The van der Waals surface area contributed by atoms with Crippen molar-refractivity contribution in [1.29, 1.82) is 0 Å².